The number of nitrogen functional groups attached to an aromatic ring is 1. The quantitative estimate of drug-likeness (QED) is 0.366. The zero-order valence-electron chi connectivity index (χ0n) is 19.1. The van der Waals surface area contributed by atoms with Crippen molar-refractivity contribution in [3.63, 3.8) is 0 Å². The third-order valence-electron chi connectivity index (χ3n) is 7.11. The maximum atomic E-state index is 8.19. The number of pyridine rings is 2. The van der Waals surface area contributed by atoms with Crippen molar-refractivity contribution in [1.29, 1.82) is 5.41 Å². The van der Waals surface area contributed by atoms with Crippen LogP contribution in [0, 0.1) is 11.3 Å². The van der Waals surface area contributed by atoms with Gasteiger partial charge in [-0.1, -0.05) is 12.1 Å². The fourth-order valence-electron chi connectivity index (χ4n) is 5.58. The summed E-state index contributed by atoms with van der Waals surface area (Å²) in [5.41, 5.74) is 9.68. The van der Waals surface area contributed by atoms with Gasteiger partial charge >= 0.3 is 0 Å². The highest BCUT2D eigenvalue weighted by atomic mass is 79.9. The maximum absolute atomic E-state index is 8.19. The molecular formula is C25H27BrN6O2. The van der Waals surface area contributed by atoms with Gasteiger partial charge in [0.25, 0.3) is 0 Å². The molecule has 0 spiro atoms. The van der Waals surface area contributed by atoms with Crippen LogP contribution in [-0.4, -0.2) is 37.5 Å². The van der Waals surface area contributed by atoms with Gasteiger partial charge in [0.05, 0.1) is 33.8 Å². The number of halogens is 1. The molecule has 1 aromatic carbocycles. The van der Waals surface area contributed by atoms with Crippen LogP contribution in [0.3, 0.4) is 0 Å². The number of nitrogens with zero attached hydrogens (tertiary/aromatic N) is 3. The Morgan fingerprint density at radius 1 is 1.24 bits per heavy atom. The summed E-state index contributed by atoms with van der Waals surface area (Å²) < 4.78 is 15.8. The number of aromatic nitrogens is 4. The van der Waals surface area contributed by atoms with E-state index in [9.17, 15) is 0 Å². The van der Waals surface area contributed by atoms with E-state index in [-0.39, 0.29) is 18.2 Å². The first-order chi connectivity index (χ1) is 16.3. The molecule has 9 heteroatoms. The van der Waals surface area contributed by atoms with Crippen LogP contribution in [0.25, 0.3) is 22.1 Å². The van der Waals surface area contributed by atoms with E-state index in [1.165, 1.54) is 5.56 Å². The highest BCUT2D eigenvalue weighted by molar-refractivity contribution is 9.10. The van der Waals surface area contributed by atoms with Gasteiger partial charge in [-0.05, 0) is 78.7 Å². The molecule has 176 valence electrons. The second-order valence-electron chi connectivity index (χ2n) is 9.79. The molecule has 3 aromatic heterocycles. The van der Waals surface area contributed by atoms with Crippen LogP contribution in [0.2, 0.25) is 0 Å². The number of rotatable bonds is 4. The molecule has 6 rings (SSSR count). The largest absolute Gasteiger partial charge is 0.383 e. The molecule has 4 N–H and O–H groups in total. The number of nitrogens with one attached hydrogen (secondary N) is 2. The lowest BCUT2D eigenvalue weighted by atomic mass is 9.95. The molecule has 2 aliphatic rings. The number of aromatic amines is 1. The number of nitrogens with two attached hydrogens (primary N) is 1. The first-order valence-electron chi connectivity index (χ1n) is 11.6. The van der Waals surface area contributed by atoms with E-state index >= 15 is 0 Å². The van der Waals surface area contributed by atoms with Crippen LogP contribution >= 0.6 is 15.9 Å². The molecule has 1 aliphatic heterocycles. The van der Waals surface area contributed by atoms with Crippen LogP contribution in [0.5, 0.6) is 0 Å². The predicted molar refractivity (Wildman–Crippen MR) is 133 cm³/mol. The third kappa shape index (κ3) is 3.62. The number of imidazole rings is 1. The number of hydrogen-bond donors (Lipinski definition) is 3. The Bertz CT molecular complexity index is 1460. The first-order valence-corrected chi connectivity index (χ1v) is 12.4. The van der Waals surface area contributed by atoms with E-state index in [4.69, 9.17) is 20.6 Å². The third-order valence-corrected chi connectivity index (χ3v) is 7.75. The molecule has 1 saturated carbocycles. The summed E-state index contributed by atoms with van der Waals surface area (Å²) in [5.74, 6) is 0.225. The van der Waals surface area contributed by atoms with Crippen molar-refractivity contribution in [3.05, 3.63) is 58.2 Å². The van der Waals surface area contributed by atoms with Gasteiger partial charge in [-0.2, -0.15) is 0 Å². The topological polar surface area (TPSA) is 115 Å². The number of H-pyrrole nitrogens is 1. The molecule has 8 nitrogen and oxygen atoms in total. The Morgan fingerprint density at radius 2 is 2.06 bits per heavy atom. The molecule has 2 fully saturated rings. The van der Waals surface area contributed by atoms with E-state index in [1.54, 1.807) is 6.33 Å². The summed E-state index contributed by atoms with van der Waals surface area (Å²) in [6.45, 7) is 3.97. The predicted octanol–water partition coefficient (Wildman–Crippen LogP) is 4.45. The molecule has 1 aliphatic carbocycles. The average molecular weight is 523 g/mol. The van der Waals surface area contributed by atoms with Crippen molar-refractivity contribution in [2.24, 2.45) is 5.92 Å². The van der Waals surface area contributed by atoms with E-state index in [2.05, 4.69) is 53.6 Å². The zero-order valence-corrected chi connectivity index (χ0v) is 20.7. The van der Waals surface area contributed by atoms with Crippen LogP contribution in [-0.2, 0) is 15.9 Å². The molecule has 34 heavy (non-hydrogen) atoms. The number of aryl methyl sites for hydroxylation is 1. The van der Waals surface area contributed by atoms with Crippen molar-refractivity contribution in [1.82, 2.24) is 19.5 Å². The molecule has 4 atom stereocenters. The minimum atomic E-state index is -0.620. The van der Waals surface area contributed by atoms with E-state index in [1.807, 2.05) is 32.2 Å². The van der Waals surface area contributed by atoms with Crippen molar-refractivity contribution < 1.29 is 9.47 Å². The Kier molecular flexibility index (Phi) is 5.05. The van der Waals surface area contributed by atoms with Crippen molar-refractivity contribution >= 4 is 43.8 Å². The molecule has 0 bridgehead atoms. The van der Waals surface area contributed by atoms with E-state index < -0.39 is 5.79 Å². The molecule has 4 aromatic rings. The lowest BCUT2D eigenvalue weighted by Crippen LogP contribution is -2.28. The van der Waals surface area contributed by atoms with Crippen molar-refractivity contribution in [2.45, 2.75) is 57.1 Å². The highest BCUT2D eigenvalue weighted by Gasteiger charge is 2.54. The number of hydrogen-bond acceptors (Lipinski definition) is 6. The molecule has 0 unspecified atom stereocenters. The number of fused-ring (bicyclic) bond motifs is 3. The van der Waals surface area contributed by atoms with Gasteiger partial charge in [-0.3, -0.25) is 5.41 Å². The minimum absolute atomic E-state index is 0.0161. The van der Waals surface area contributed by atoms with Crippen molar-refractivity contribution in [3.8, 4) is 0 Å². The minimum Gasteiger partial charge on any atom is -0.383 e. The van der Waals surface area contributed by atoms with E-state index in [0.29, 0.717) is 17.1 Å². The van der Waals surface area contributed by atoms with Gasteiger partial charge in [-0.15, -0.1) is 0 Å². The van der Waals surface area contributed by atoms with Gasteiger partial charge in [0.2, 0.25) is 0 Å². The molecular weight excluding hydrogens is 496 g/mol. The summed E-state index contributed by atoms with van der Waals surface area (Å²) in [5, 5.41) is 9.69. The summed E-state index contributed by atoms with van der Waals surface area (Å²) in [6.07, 6.45) is 6.40. The molecule has 1 saturated heterocycles. The van der Waals surface area contributed by atoms with Gasteiger partial charge < -0.3 is 24.8 Å². The second kappa shape index (κ2) is 7.90. The summed E-state index contributed by atoms with van der Waals surface area (Å²) in [7, 11) is 0. The summed E-state index contributed by atoms with van der Waals surface area (Å²) >= 11 is 3.45. The van der Waals surface area contributed by atoms with Crippen LogP contribution in [0.15, 0.2) is 47.3 Å². The Labute approximate surface area is 205 Å². The molecule has 0 amide bonds. The lowest BCUT2D eigenvalue weighted by Gasteiger charge is -2.25. The first kappa shape index (κ1) is 21.8. The van der Waals surface area contributed by atoms with Crippen LogP contribution in [0.1, 0.15) is 38.3 Å². The normalized spacial score (nSPS) is 25.9. The Morgan fingerprint density at radius 3 is 2.91 bits per heavy atom. The van der Waals surface area contributed by atoms with Gasteiger partial charge in [0, 0.05) is 11.6 Å². The number of ether oxygens (including phenoxy) is 2. The average Bonchev–Trinajstić information content (AvgIpc) is 3.48. The smallest absolute Gasteiger partial charge is 0.163 e. The lowest BCUT2D eigenvalue weighted by molar-refractivity contribution is -0.160. The van der Waals surface area contributed by atoms with Crippen molar-refractivity contribution in [2.75, 3.05) is 5.73 Å². The fraction of sp³-hybridized carbons (Fsp3) is 0.400. The number of anilines is 1. The van der Waals surface area contributed by atoms with Crippen LogP contribution < -0.4 is 11.1 Å². The number of benzene rings is 1. The zero-order chi connectivity index (χ0) is 23.6. The van der Waals surface area contributed by atoms with Gasteiger partial charge in [0.15, 0.2) is 11.4 Å². The van der Waals surface area contributed by atoms with Gasteiger partial charge in [0.1, 0.15) is 17.4 Å². The monoisotopic (exact) mass is 522 g/mol. The summed E-state index contributed by atoms with van der Waals surface area (Å²) in [6, 6.07) is 10.3. The highest BCUT2D eigenvalue weighted by Crippen LogP contribution is 2.48. The second-order valence-corrected chi connectivity index (χ2v) is 10.6. The van der Waals surface area contributed by atoms with Crippen LogP contribution in [0.4, 0.5) is 5.82 Å². The Hall–Kier alpha value is -2.75. The fourth-order valence-corrected chi connectivity index (χ4v) is 5.91. The van der Waals surface area contributed by atoms with E-state index in [0.717, 1.165) is 45.8 Å². The van der Waals surface area contributed by atoms with Gasteiger partial charge in [-0.25, -0.2) is 9.97 Å². The summed E-state index contributed by atoms with van der Waals surface area (Å²) in [4.78, 5) is 12.1. The standard InChI is InChI=1S/C25H27BrN6O2/c1-25(2)33-21-15(6-4-13-3-5-14-10-16(26)23(28)31-18(14)9-13)11-19(22(21)34-25)32-8-7-17(27)20-24(32)30-12-29-20/h3,5,7-10,12,15,19,21-22,27H,4,6,11H2,1-2H3,(H2,28,31)(H,29,30)/t15-,19+,21+,22-/m0/s1. The maximum Gasteiger partial charge on any atom is 0.163 e. The molecule has 0 radical (unpaired) electrons. The Balaban J connectivity index is 1.28. The SMILES string of the molecule is CC1(C)O[C@@H]2[C@@H](CCc3ccc4cc(Br)c(N)nc4c3)C[C@@H](n3ccc(=N)c4[nH]cnc43)[C@@H]2O1. The molecule has 4 heterocycles.